The number of anilines is 1. The maximum absolute atomic E-state index is 12.4. The second-order valence-corrected chi connectivity index (χ2v) is 6.80. The van der Waals surface area contributed by atoms with Crippen molar-refractivity contribution < 1.29 is 9.59 Å². The highest BCUT2D eigenvalue weighted by atomic mass is 32.1. The number of carbonyl (C=O) groups is 2. The minimum absolute atomic E-state index is 0.0836. The van der Waals surface area contributed by atoms with Gasteiger partial charge in [0.15, 0.2) is 5.13 Å². The minimum Gasteiger partial charge on any atom is -0.331 e. The molecule has 1 heterocycles. The van der Waals surface area contributed by atoms with Crippen LogP contribution in [0, 0.1) is 6.92 Å². The smallest absolute Gasteiger partial charge is 0.320 e. The van der Waals surface area contributed by atoms with Crippen LogP contribution in [-0.2, 0) is 4.79 Å². The number of urea groups is 1. The predicted octanol–water partition coefficient (Wildman–Crippen LogP) is 2.71. The van der Waals surface area contributed by atoms with Gasteiger partial charge in [0.05, 0.1) is 5.69 Å². The van der Waals surface area contributed by atoms with E-state index in [2.05, 4.69) is 10.3 Å². The summed E-state index contributed by atoms with van der Waals surface area (Å²) in [6.07, 6.45) is 5.40. The molecule has 6 nitrogen and oxygen atoms in total. The second-order valence-electron chi connectivity index (χ2n) is 5.94. The maximum Gasteiger partial charge on any atom is 0.320 e. The lowest BCUT2D eigenvalue weighted by Gasteiger charge is -2.35. The number of nitrogens with zero attached hydrogens (tertiary/aromatic N) is 3. The van der Waals surface area contributed by atoms with E-state index in [0.717, 1.165) is 31.4 Å². The highest BCUT2D eigenvalue weighted by Crippen LogP contribution is 2.23. The molecule has 0 bridgehead atoms. The van der Waals surface area contributed by atoms with E-state index in [4.69, 9.17) is 0 Å². The van der Waals surface area contributed by atoms with Gasteiger partial charge in [-0.1, -0.05) is 19.3 Å². The SMILES string of the molecule is Cc1csc(NC(=O)CN(C(=O)N(C)C)C2CCCCC2)n1. The van der Waals surface area contributed by atoms with Crippen LogP contribution in [0.5, 0.6) is 0 Å². The highest BCUT2D eigenvalue weighted by molar-refractivity contribution is 7.13. The number of nitrogens with one attached hydrogen (secondary N) is 1. The summed E-state index contributed by atoms with van der Waals surface area (Å²) in [5.41, 5.74) is 0.883. The Labute approximate surface area is 135 Å². The Morgan fingerprint density at radius 1 is 1.32 bits per heavy atom. The number of thiazole rings is 1. The number of hydrogen-bond acceptors (Lipinski definition) is 4. The van der Waals surface area contributed by atoms with Crippen molar-refractivity contribution in [1.29, 1.82) is 0 Å². The molecular formula is C15H24N4O2S. The zero-order valence-corrected chi connectivity index (χ0v) is 14.3. The third-order valence-electron chi connectivity index (χ3n) is 3.82. The first-order chi connectivity index (χ1) is 10.5. The normalized spacial score (nSPS) is 15.4. The van der Waals surface area contributed by atoms with Crippen LogP contribution in [-0.4, -0.2) is 53.4 Å². The third kappa shape index (κ3) is 4.43. The predicted molar refractivity (Wildman–Crippen MR) is 88.1 cm³/mol. The fourth-order valence-corrected chi connectivity index (χ4v) is 3.43. The van der Waals surface area contributed by atoms with Gasteiger partial charge < -0.3 is 15.1 Å². The molecule has 22 heavy (non-hydrogen) atoms. The molecule has 122 valence electrons. The Balaban J connectivity index is 2.01. The number of rotatable bonds is 4. The van der Waals surface area contributed by atoms with E-state index in [1.165, 1.54) is 22.7 Å². The van der Waals surface area contributed by atoms with E-state index in [1.807, 2.05) is 12.3 Å². The number of aryl methyl sites for hydroxylation is 1. The van der Waals surface area contributed by atoms with Crippen LogP contribution in [0.15, 0.2) is 5.38 Å². The van der Waals surface area contributed by atoms with Crippen molar-refractivity contribution >= 4 is 28.4 Å². The van der Waals surface area contributed by atoms with Gasteiger partial charge in [0, 0.05) is 25.5 Å². The van der Waals surface area contributed by atoms with E-state index in [1.54, 1.807) is 19.0 Å². The van der Waals surface area contributed by atoms with Gasteiger partial charge in [-0.25, -0.2) is 9.78 Å². The molecule has 2 rings (SSSR count). The molecule has 1 N–H and O–H groups in total. The summed E-state index contributed by atoms with van der Waals surface area (Å²) in [5.74, 6) is -0.185. The Morgan fingerprint density at radius 3 is 2.55 bits per heavy atom. The molecule has 0 spiro atoms. The average Bonchev–Trinajstić information content (AvgIpc) is 2.90. The molecule has 1 saturated carbocycles. The number of carbonyl (C=O) groups excluding carboxylic acids is 2. The van der Waals surface area contributed by atoms with Gasteiger partial charge in [0.2, 0.25) is 5.91 Å². The van der Waals surface area contributed by atoms with Crippen molar-refractivity contribution in [2.75, 3.05) is 26.0 Å². The zero-order valence-electron chi connectivity index (χ0n) is 13.5. The van der Waals surface area contributed by atoms with Gasteiger partial charge in [0.25, 0.3) is 0 Å². The molecule has 1 aromatic heterocycles. The lowest BCUT2D eigenvalue weighted by atomic mass is 9.94. The van der Waals surface area contributed by atoms with E-state index in [-0.39, 0.29) is 24.5 Å². The van der Waals surface area contributed by atoms with Gasteiger partial charge in [-0.15, -0.1) is 11.3 Å². The molecule has 0 atom stereocenters. The molecule has 0 aliphatic heterocycles. The molecule has 1 aliphatic carbocycles. The summed E-state index contributed by atoms with van der Waals surface area (Å²) in [4.78, 5) is 32.1. The van der Waals surface area contributed by atoms with E-state index >= 15 is 0 Å². The van der Waals surface area contributed by atoms with E-state index in [0.29, 0.717) is 5.13 Å². The van der Waals surface area contributed by atoms with Crippen LogP contribution in [0.3, 0.4) is 0 Å². The molecule has 0 aromatic carbocycles. The van der Waals surface area contributed by atoms with Crippen LogP contribution >= 0.6 is 11.3 Å². The number of amides is 3. The summed E-state index contributed by atoms with van der Waals surface area (Å²) >= 11 is 1.40. The second kappa shape index (κ2) is 7.58. The molecule has 1 fully saturated rings. The minimum atomic E-state index is -0.185. The zero-order chi connectivity index (χ0) is 16.1. The molecule has 1 aliphatic rings. The first-order valence-electron chi connectivity index (χ1n) is 7.67. The van der Waals surface area contributed by atoms with Crippen molar-refractivity contribution in [1.82, 2.24) is 14.8 Å². The quantitative estimate of drug-likeness (QED) is 0.926. The number of aromatic nitrogens is 1. The molecular weight excluding hydrogens is 300 g/mol. The molecule has 3 amide bonds. The third-order valence-corrected chi connectivity index (χ3v) is 4.70. The van der Waals surface area contributed by atoms with Gasteiger partial charge in [-0.05, 0) is 19.8 Å². The molecule has 0 unspecified atom stereocenters. The fourth-order valence-electron chi connectivity index (χ4n) is 2.73. The lowest BCUT2D eigenvalue weighted by molar-refractivity contribution is -0.117. The van der Waals surface area contributed by atoms with Crippen LogP contribution < -0.4 is 5.32 Å². The summed E-state index contributed by atoms with van der Waals surface area (Å²) in [6.45, 7) is 1.97. The summed E-state index contributed by atoms with van der Waals surface area (Å²) in [7, 11) is 3.44. The standard InChI is InChI=1S/C15H24N4O2S/c1-11-10-22-14(16-11)17-13(20)9-19(15(21)18(2)3)12-7-5-4-6-8-12/h10,12H,4-9H2,1-3H3,(H,16,17,20). The first kappa shape index (κ1) is 16.7. The van der Waals surface area contributed by atoms with Crippen molar-refractivity contribution in [2.45, 2.75) is 45.1 Å². The molecule has 0 saturated heterocycles. The fraction of sp³-hybridized carbons (Fsp3) is 0.667. The van der Waals surface area contributed by atoms with Crippen LogP contribution in [0.2, 0.25) is 0 Å². The lowest BCUT2D eigenvalue weighted by Crippen LogP contribution is -2.49. The van der Waals surface area contributed by atoms with Gasteiger partial charge in [-0.2, -0.15) is 0 Å². The van der Waals surface area contributed by atoms with E-state index < -0.39 is 0 Å². The van der Waals surface area contributed by atoms with Gasteiger partial charge in [0.1, 0.15) is 6.54 Å². The Hall–Kier alpha value is -1.63. The average molecular weight is 324 g/mol. The molecule has 0 radical (unpaired) electrons. The Kier molecular flexibility index (Phi) is 5.76. The van der Waals surface area contributed by atoms with Crippen molar-refractivity contribution in [3.63, 3.8) is 0 Å². The Morgan fingerprint density at radius 2 is 2.00 bits per heavy atom. The molecule has 7 heteroatoms. The topological polar surface area (TPSA) is 65.5 Å². The monoisotopic (exact) mass is 324 g/mol. The highest BCUT2D eigenvalue weighted by Gasteiger charge is 2.28. The van der Waals surface area contributed by atoms with E-state index in [9.17, 15) is 9.59 Å². The largest absolute Gasteiger partial charge is 0.331 e. The first-order valence-corrected chi connectivity index (χ1v) is 8.55. The van der Waals surface area contributed by atoms with Crippen molar-refractivity contribution in [3.8, 4) is 0 Å². The van der Waals surface area contributed by atoms with Crippen LogP contribution in [0.25, 0.3) is 0 Å². The molecule has 1 aromatic rings. The summed E-state index contributed by atoms with van der Waals surface area (Å²) in [6, 6.07) is 0.0600. The van der Waals surface area contributed by atoms with Gasteiger partial charge >= 0.3 is 6.03 Å². The van der Waals surface area contributed by atoms with Crippen molar-refractivity contribution in [2.24, 2.45) is 0 Å². The summed E-state index contributed by atoms with van der Waals surface area (Å²) < 4.78 is 0. The van der Waals surface area contributed by atoms with Gasteiger partial charge in [-0.3, -0.25) is 4.79 Å². The number of hydrogen-bond donors (Lipinski definition) is 1. The summed E-state index contributed by atoms with van der Waals surface area (Å²) in [5, 5.41) is 5.26. The van der Waals surface area contributed by atoms with Crippen molar-refractivity contribution in [3.05, 3.63) is 11.1 Å². The van der Waals surface area contributed by atoms with Crippen LogP contribution in [0.1, 0.15) is 37.8 Å². The maximum atomic E-state index is 12.4. The van der Waals surface area contributed by atoms with Crippen LogP contribution in [0.4, 0.5) is 9.93 Å². The Bertz CT molecular complexity index is 523.